The summed E-state index contributed by atoms with van der Waals surface area (Å²) in [5.41, 5.74) is -0.222. The Kier molecular flexibility index (Phi) is 8.32. The predicted octanol–water partition coefficient (Wildman–Crippen LogP) is 1.11. The van der Waals surface area contributed by atoms with Crippen LogP contribution >= 0.6 is 11.6 Å². The Balaban J connectivity index is 1.26. The summed E-state index contributed by atoms with van der Waals surface area (Å²) >= 11 is 5.88. The van der Waals surface area contributed by atoms with E-state index in [-0.39, 0.29) is 24.9 Å². The molecule has 0 spiro atoms. The van der Waals surface area contributed by atoms with Crippen LogP contribution in [-0.4, -0.2) is 67.8 Å². The van der Waals surface area contributed by atoms with Crippen molar-refractivity contribution in [2.45, 2.75) is 38.4 Å². The highest BCUT2D eigenvalue weighted by Crippen LogP contribution is 2.16. The molecule has 0 radical (unpaired) electrons. The van der Waals surface area contributed by atoms with E-state index in [2.05, 4.69) is 15.3 Å². The van der Waals surface area contributed by atoms with E-state index in [4.69, 9.17) is 21.1 Å². The van der Waals surface area contributed by atoms with Crippen LogP contribution in [0.4, 0.5) is 0 Å². The standard InChI is InChI=1S/C23H27ClN6O5/c24-17-2-4-20(5-3-17)35-12-1-8-29-15-18(26-27-29)14-19-16-34-13-11-30(19)22(32)7-10-28-9-6-21(31)25-23(28)33/h2-6,9,15,19H,1,7-8,10-14,16H2,(H,25,31,33). The van der Waals surface area contributed by atoms with Crippen LogP contribution in [0.25, 0.3) is 0 Å². The third-order valence-electron chi connectivity index (χ3n) is 5.66. The number of hydrogen-bond donors (Lipinski definition) is 1. The molecule has 186 valence electrons. The number of H-pyrrole nitrogens is 1. The van der Waals surface area contributed by atoms with Crippen LogP contribution in [0.2, 0.25) is 5.02 Å². The highest BCUT2D eigenvalue weighted by atomic mass is 35.5. The third kappa shape index (κ3) is 7.03. The Bertz CT molecular complexity index is 1240. The molecule has 1 unspecified atom stereocenters. The summed E-state index contributed by atoms with van der Waals surface area (Å²) < 4.78 is 14.4. The second-order valence-corrected chi connectivity index (χ2v) is 8.64. The Hall–Kier alpha value is -3.44. The maximum atomic E-state index is 12.9. The van der Waals surface area contributed by atoms with Crippen molar-refractivity contribution in [2.24, 2.45) is 0 Å². The van der Waals surface area contributed by atoms with Gasteiger partial charge in [0.05, 0.1) is 31.6 Å². The number of nitrogens with zero attached hydrogens (tertiary/aromatic N) is 5. The number of rotatable bonds is 10. The molecule has 0 bridgehead atoms. The summed E-state index contributed by atoms with van der Waals surface area (Å²) in [6, 6.07) is 8.32. The number of halogens is 1. The Labute approximate surface area is 206 Å². The molecule has 4 rings (SSSR count). The van der Waals surface area contributed by atoms with Gasteiger partial charge in [0.25, 0.3) is 5.56 Å². The fourth-order valence-electron chi connectivity index (χ4n) is 3.86. The number of morpholine rings is 1. The van der Waals surface area contributed by atoms with Crippen molar-refractivity contribution >= 4 is 17.5 Å². The molecule has 35 heavy (non-hydrogen) atoms. The highest BCUT2D eigenvalue weighted by Gasteiger charge is 2.28. The van der Waals surface area contributed by atoms with Gasteiger partial charge in [-0.3, -0.25) is 19.3 Å². The average molecular weight is 503 g/mol. The fraction of sp³-hybridized carbons (Fsp3) is 0.435. The van der Waals surface area contributed by atoms with E-state index in [1.54, 1.807) is 21.7 Å². The van der Waals surface area contributed by atoms with Crippen LogP contribution in [0.1, 0.15) is 18.5 Å². The summed E-state index contributed by atoms with van der Waals surface area (Å²) in [5, 5.41) is 9.10. The number of ether oxygens (including phenoxy) is 2. The molecule has 1 aromatic carbocycles. The summed E-state index contributed by atoms with van der Waals surface area (Å²) in [4.78, 5) is 39.9. The van der Waals surface area contributed by atoms with E-state index < -0.39 is 11.2 Å². The van der Waals surface area contributed by atoms with Crippen molar-refractivity contribution in [1.29, 1.82) is 0 Å². The van der Waals surface area contributed by atoms with Crippen molar-refractivity contribution in [3.8, 4) is 5.75 Å². The zero-order chi connectivity index (χ0) is 24.6. The van der Waals surface area contributed by atoms with Crippen LogP contribution in [-0.2, 0) is 29.0 Å². The lowest BCUT2D eigenvalue weighted by Crippen LogP contribution is -2.50. The maximum Gasteiger partial charge on any atom is 0.328 e. The van der Waals surface area contributed by atoms with Gasteiger partial charge in [-0.1, -0.05) is 16.8 Å². The van der Waals surface area contributed by atoms with Crippen LogP contribution in [0.5, 0.6) is 5.75 Å². The zero-order valence-electron chi connectivity index (χ0n) is 19.1. The number of carbonyl (C=O) groups is 1. The van der Waals surface area contributed by atoms with Gasteiger partial charge in [-0.05, 0) is 24.3 Å². The van der Waals surface area contributed by atoms with Crippen molar-refractivity contribution in [2.75, 3.05) is 26.4 Å². The van der Waals surface area contributed by atoms with Crippen molar-refractivity contribution in [3.63, 3.8) is 0 Å². The minimum absolute atomic E-state index is 0.0804. The van der Waals surface area contributed by atoms with Crippen molar-refractivity contribution < 1.29 is 14.3 Å². The first-order chi connectivity index (χ1) is 17.0. The van der Waals surface area contributed by atoms with E-state index in [0.717, 1.165) is 17.9 Å². The summed E-state index contributed by atoms with van der Waals surface area (Å²) in [6.45, 7) is 2.71. The number of aryl methyl sites for hydroxylation is 2. The molecule has 0 saturated carbocycles. The first kappa shape index (κ1) is 24.7. The van der Waals surface area contributed by atoms with Gasteiger partial charge in [0.2, 0.25) is 5.91 Å². The molecule has 1 aliphatic heterocycles. The van der Waals surface area contributed by atoms with Crippen molar-refractivity contribution in [3.05, 3.63) is 74.3 Å². The summed E-state index contributed by atoms with van der Waals surface area (Å²) in [7, 11) is 0. The number of nitrogens with one attached hydrogen (secondary N) is 1. The number of aromatic nitrogens is 5. The SMILES string of the molecule is O=C(CCn1ccc(=O)[nH]c1=O)N1CCOCC1Cc1cn(CCCOc2ccc(Cl)cc2)nn1. The number of carbonyl (C=O) groups excluding carboxylic acids is 1. The Morgan fingerprint density at radius 1 is 1.20 bits per heavy atom. The first-order valence-corrected chi connectivity index (χ1v) is 11.8. The molecule has 2 aromatic heterocycles. The average Bonchev–Trinajstić information content (AvgIpc) is 3.30. The second-order valence-electron chi connectivity index (χ2n) is 8.20. The van der Waals surface area contributed by atoms with E-state index in [9.17, 15) is 14.4 Å². The molecule has 1 N–H and O–H groups in total. The normalized spacial score (nSPS) is 15.8. The van der Waals surface area contributed by atoms with Gasteiger partial charge in [-0.15, -0.1) is 5.10 Å². The molecule has 1 fully saturated rings. The topological polar surface area (TPSA) is 124 Å². The monoisotopic (exact) mass is 502 g/mol. The molecule has 11 nitrogen and oxygen atoms in total. The van der Waals surface area contributed by atoms with E-state index >= 15 is 0 Å². The Morgan fingerprint density at radius 3 is 2.83 bits per heavy atom. The molecule has 0 aliphatic carbocycles. The van der Waals surface area contributed by atoms with Crippen LogP contribution < -0.4 is 16.0 Å². The van der Waals surface area contributed by atoms with Gasteiger partial charge in [0.1, 0.15) is 5.75 Å². The number of hydrogen-bond acceptors (Lipinski definition) is 7. The van der Waals surface area contributed by atoms with Gasteiger partial charge in [-0.25, -0.2) is 4.79 Å². The van der Waals surface area contributed by atoms with Crippen LogP contribution in [0.3, 0.4) is 0 Å². The van der Waals surface area contributed by atoms with E-state index in [1.807, 2.05) is 18.3 Å². The minimum atomic E-state index is -0.529. The third-order valence-corrected chi connectivity index (χ3v) is 5.91. The molecule has 1 atom stereocenters. The molecule has 3 heterocycles. The minimum Gasteiger partial charge on any atom is -0.494 e. The highest BCUT2D eigenvalue weighted by molar-refractivity contribution is 6.30. The lowest BCUT2D eigenvalue weighted by molar-refractivity contribution is -0.140. The quantitative estimate of drug-likeness (QED) is 0.412. The molecule has 3 aromatic rings. The predicted molar refractivity (Wildman–Crippen MR) is 128 cm³/mol. The Morgan fingerprint density at radius 2 is 2.03 bits per heavy atom. The van der Waals surface area contributed by atoms with Crippen LogP contribution in [0.15, 0.2) is 52.3 Å². The smallest absolute Gasteiger partial charge is 0.328 e. The van der Waals surface area contributed by atoms with E-state index in [0.29, 0.717) is 44.4 Å². The van der Waals surface area contributed by atoms with Crippen molar-refractivity contribution in [1.82, 2.24) is 29.4 Å². The lowest BCUT2D eigenvalue weighted by atomic mass is 10.1. The largest absolute Gasteiger partial charge is 0.494 e. The molecular weight excluding hydrogens is 476 g/mol. The molecule has 1 saturated heterocycles. The second kappa shape index (κ2) is 11.8. The number of aromatic amines is 1. The number of benzene rings is 1. The van der Waals surface area contributed by atoms with Gasteiger partial charge in [0.15, 0.2) is 0 Å². The molecular formula is C23H27ClN6O5. The summed E-state index contributed by atoms with van der Waals surface area (Å²) in [6.07, 6.45) is 4.69. The fourth-order valence-corrected chi connectivity index (χ4v) is 3.99. The van der Waals surface area contributed by atoms with E-state index in [1.165, 1.54) is 16.8 Å². The molecule has 12 heteroatoms. The molecule has 1 aliphatic rings. The zero-order valence-corrected chi connectivity index (χ0v) is 19.9. The summed E-state index contributed by atoms with van der Waals surface area (Å²) in [5.74, 6) is 0.685. The van der Waals surface area contributed by atoms with Gasteiger partial charge >= 0.3 is 5.69 Å². The van der Waals surface area contributed by atoms with Gasteiger partial charge < -0.3 is 18.9 Å². The lowest BCUT2D eigenvalue weighted by Gasteiger charge is -2.35. The van der Waals surface area contributed by atoms with Crippen LogP contribution in [0, 0.1) is 0 Å². The van der Waals surface area contributed by atoms with Gasteiger partial charge in [0, 0.05) is 62.4 Å². The first-order valence-electron chi connectivity index (χ1n) is 11.4. The maximum absolute atomic E-state index is 12.9. The number of amides is 1. The molecule has 1 amide bonds. The van der Waals surface area contributed by atoms with Gasteiger partial charge in [-0.2, -0.15) is 0 Å².